The average Bonchev–Trinajstić information content (AvgIpc) is 3.20. The molecular formula is C20H21N3O5S. The monoisotopic (exact) mass is 415 g/mol. The van der Waals surface area contributed by atoms with Gasteiger partial charge >= 0.3 is 12.0 Å². The van der Waals surface area contributed by atoms with Crippen LogP contribution in [0.2, 0.25) is 0 Å². The van der Waals surface area contributed by atoms with Crippen molar-refractivity contribution < 1.29 is 23.9 Å². The molecule has 1 fully saturated rings. The van der Waals surface area contributed by atoms with Crippen molar-refractivity contribution in [2.24, 2.45) is 11.7 Å². The quantitative estimate of drug-likeness (QED) is 0.726. The highest BCUT2D eigenvalue weighted by Crippen LogP contribution is 2.42. The van der Waals surface area contributed by atoms with Crippen LogP contribution >= 0.6 is 11.3 Å². The fraction of sp³-hybridized carbons (Fsp3) is 0.300. The summed E-state index contributed by atoms with van der Waals surface area (Å²) in [5.41, 5.74) is 6.64. The zero-order chi connectivity index (χ0) is 21.0. The van der Waals surface area contributed by atoms with E-state index in [1.54, 1.807) is 4.90 Å². The molecule has 9 heteroatoms. The first-order valence-corrected chi connectivity index (χ1v) is 9.93. The number of imide groups is 1. The molecule has 1 aliphatic rings. The summed E-state index contributed by atoms with van der Waals surface area (Å²) in [6, 6.07) is 9.68. The van der Waals surface area contributed by atoms with Gasteiger partial charge in [-0.3, -0.25) is 19.7 Å². The standard InChI is InChI=1S/C20H21N3O5S/c1-12-4-6-13(7-5-12)23-17(25)9-8-14(18(23)15-3-2-10-29-15)19(26)28-11-16(24)22-20(21)27/h2-7,10,14,18H,8-9,11H2,1H3,(H3,21,22,24,27)/t14-,18+/m0/s1. The fourth-order valence-electron chi connectivity index (χ4n) is 3.35. The number of piperidine rings is 1. The maximum absolute atomic E-state index is 12.8. The van der Waals surface area contributed by atoms with Crippen LogP contribution in [0.3, 0.4) is 0 Å². The minimum absolute atomic E-state index is 0.0808. The maximum atomic E-state index is 12.8. The van der Waals surface area contributed by atoms with Gasteiger partial charge in [0, 0.05) is 17.0 Å². The van der Waals surface area contributed by atoms with Gasteiger partial charge < -0.3 is 15.4 Å². The Labute approximate surface area is 171 Å². The number of rotatable bonds is 5. The minimum atomic E-state index is -1.02. The molecule has 2 heterocycles. The first kappa shape index (κ1) is 20.5. The summed E-state index contributed by atoms with van der Waals surface area (Å²) in [6.45, 7) is 1.34. The summed E-state index contributed by atoms with van der Waals surface area (Å²) in [6.07, 6.45) is 0.489. The number of aryl methyl sites for hydroxylation is 1. The number of carbonyl (C=O) groups excluding carboxylic acids is 4. The maximum Gasteiger partial charge on any atom is 0.318 e. The van der Waals surface area contributed by atoms with Crippen LogP contribution in [0.25, 0.3) is 0 Å². The second kappa shape index (κ2) is 8.87. The molecule has 29 heavy (non-hydrogen) atoms. The van der Waals surface area contributed by atoms with Gasteiger partial charge in [-0.15, -0.1) is 11.3 Å². The Hall–Kier alpha value is -3.20. The summed E-state index contributed by atoms with van der Waals surface area (Å²) in [4.78, 5) is 50.4. The van der Waals surface area contributed by atoms with E-state index in [0.717, 1.165) is 10.4 Å². The fourth-order valence-corrected chi connectivity index (χ4v) is 4.23. The molecule has 0 saturated carbocycles. The lowest BCUT2D eigenvalue weighted by molar-refractivity contribution is -0.154. The van der Waals surface area contributed by atoms with Gasteiger partial charge in [0.2, 0.25) is 5.91 Å². The van der Waals surface area contributed by atoms with Gasteiger partial charge in [0.1, 0.15) is 0 Å². The lowest BCUT2D eigenvalue weighted by atomic mass is 9.87. The predicted molar refractivity (Wildman–Crippen MR) is 107 cm³/mol. The topological polar surface area (TPSA) is 119 Å². The van der Waals surface area contributed by atoms with Gasteiger partial charge in [0.15, 0.2) is 6.61 Å². The van der Waals surface area contributed by atoms with Crippen molar-refractivity contribution in [3.63, 3.8) is 0 Å². The number of thiophene rings is 1. The van der Waals surface area contributed by atoms with Crippen LogP contribution < -0.4 is 16.0 Å². The molecule has 1 aromatic carbocycles. The highest BCUT2D eigenvalue weighted by atomic mass is 32.1. The number of urea groups is 1. The molecule has 1 saturated heterocycles. The summed E-state index contributed by atoms with van der Waals surface area (Å²) in [5, 5.41) is 3.73. The molecule has 4 amide bonds. The second-order valence-corrected chi connectivity index (χ2v) is 7.70. The van der Waals surface area contributed by atoms with Crippen LogP contribution in [0, 0.1) is 12.8 Å². The Balaban J connectivity index is 1.86. The molecule has 152 valence electrons. The average molecular weight is 415 g/mol. The van der Waals surface area contributed by atoms with E-state index in [1.165, 1.54) is 11.3 Å². The van der Waals surface area contributed by atoms with Crippen LogP contribution in [0.15, 0.2) is 41.8 Å². The Kier molecular flexibility index (Phi) is 6.28. The number of hydrogen-bond acceptors (Lipinski definition) is 6. The van der Waals surface area contributed by atoms with Crippen molar-refractivity contribution in [2.45, 2.75) is 25.8 Å². The molecule has 1 aliphatic heterocycles. The number of anilines is 1. The summed E-state index contributed by atoms with van der Waals surface area (Å²) >= 11 is 1.44. The third-order valence-electron chi connectivity index (χ3n) is 4.65. The lowest BCUT2D eigenvalue weighted by Gasteiger charge is -2.39. The van der Waals surface area contributed by atoms with Gasteiger partial charge in [-0.05, 0) is 36.9 Å². The molecule has 1 aromatic heterocycles. The van der Waals surface area contributed by atoms with Crippen molar-refractivity contribution in [2.75, 3.05) is 11.5 Å². The molecule has 0 bridgehead atoms. The smallest absolute Gasteiger partial charge is 0.318 e. The number of primary amides is 1. The Morgan fingerprint density at radius 3 is 2.59 bits per heavy atom. The summed E-state index contributed by atoms with van der Waals surface area (Å²) < 4.78 is 5.12. The lowest BCUT2D eigenvalue weighted by Crippen LogP contribution is -2.46. The van der Waals surface area contributed by atoms with E-state index in [-0.39, 0.29) is 12.3 Å². The number of carbonyl (C=O) groups is 4. The number of benzene rings is 1. The highest BCUT2D eigenvalue weighted by molar-refractivity contribution is 7.10. The zero-order valence-corrected chi connectivity index (χ0v) is 16.6. The number of esters is 1. The SMILES string of the molecule is Cc1ccc(N2C(=O)CC[C@H](C(=O)OCC(=O)NC(N)=O)[C@@H]2c2cccs2)cc1. The largest absolute Gasteiger partial charge is 0.455 e. The molecular weight excluding hydrogens is 394 g/mol. The molecule has 0 spiro atoms. The number of amides is 4. The molecule has 3 rings (SSSR count). The Morgan fingerprint density at radius 1 is 1.24 bits per heavy atom. The first-order chi connectivity index (χ1) is 13.9. The van der Waals surface area contributed by atoms with Crippen LogP contribution in [0.5, 0.6) is 0 Å². The normalized spacial score (nSPS) is 18.9. The van der Waals surface area contributed by atoms with E-state index in [2.05, 4.69) is 0 Å². The van der Waals surface area contributed by atoms with Crippen LogP contribution in [-0.4, -0.2) is 30.4 Å². The van der Waals surface area contributed by atoms with Crippen molar-refractivity contribution in [1.29, 1.82) is 0 Å². The molecule has 8 nitrogen and oxygen atoms in total. The van der Waals surface area contributed by atoms with Crippen molar-refractivity contribution >= 4 is 40.8 Å². The summed E-state index contributed by atoms with van der Waals surface area (Å²) in [7, 11) is 0. The number of nitrogens with zero attached hydrogens (tertiary/aromatic N) is 1. The molecule has 0 unspecified atom stereocenters. The third kappa shape index (κ3) is 4.80. The Bertz CT molecular complexity index is 911. The van der Waals surface area contributed by atoms with E-state index in [0.29, 0.717) is 12.1 Å². The summed E-state index contributed by atoms with van der Waals surface area (Å²) in [5.74, 6) is -2.13. The molecule has 2 atom stereocenters. The van der Waals surface area contributed by atoms with E-state index in [9.17, 15) is 19.2 Å². The number of ether oxygens (including phenoxy) is 1. The van der Waals surface area contributed by atoms with E-state index < -0.39 is 36.5 Å². The van der Waals surface area contributed by atoms with E-state index >= 15 is 0 Å². The van der Waals surface area contributed by atoms with Gasteiger partial charge in [-0.25, -0.2) is 4.79 Å². The van der Waals surface area contributed by atoms with Crippen LogP contribution in [-0.2, 0) is 19.1 Å². The molecule has 0 radical (unpaired) electrons. The zero-order valence-electron chi connectivity index (χ0n) is 15.8. The molecule has 3 N–H and O–H groups in total. The molecule has 2 aromatic rings. The molecule has 0 aliphatic carbocycles. The van der Waals surface area contributed by atoms with Crippen molar-refractivity contribution in [3.8, 4) is 0 Å². The third-order valence-corrected chi connectivity index (χ3v) is 5.60. The second-order valence-electron chi connectivity index (χ2n) is 6.72. The van der Waals surface area contributed by atoms with E-state index in [1.807, 2.05) is 54.0 Å². The Morgan fingerprint density at radius 2 is 1.97 bits per heavy atom. The van der Waals surface area contributed by atoms with Gasteiger partial charge in [0.25, 0.3) is 5.91 Å². The number of nitrogens with one attached hydrogen (secondary N) is 1. The van der Waals surface area contributed by atoms with Crippen LogP contribution in [0.4, 0.5) is 10.5 Å². The van der Waals surface area contributed by atoms with E-state index in [4.69, 9.17) is 10.5 Å². The van der Waals surface area contributed by atoms with Gasteiger partial charge in [0.05, 0.1) is 12.0 Å². The highest BCUT2D eigenvalue weighted by Gasteiger charge is 2.43. The predicted octanol–water partition coefficient (Wildman–Crippen LogP) is 2.28. The minimum Gasteiger partial charge on any atom is -0.455 e. The van der Waals surface area contributed by atoms with Gasteiger partial charge in [-0.1, -0.05) is 23.8 Å². The number of hydrogen-bond donors (Lipinski definition) is 2. The van der Waals surface area contributed by atoms with Crippen molar-refractivity contribution in [3.05, 3.63) is 52.2 Å². The van der Waals surface area contributed by atoms with Gasteiger partial charge in [-0.2, -0.15) is 0 Å². The first-order valence-electron chi connectivity index (χ1n) is 9.05. The van der Waals surface area contributed by atoms with Crippen LogP contribution in [0.1, 0.15) is 29.3 Å². The number of nitrogens with two attached hydrogens (primary N) is 1. The van der Waals surface area contributed by atoms with Crippen molar-refractivity contribution in [1.82, 2.24) is 5.32 Å².